The number of aryl methyl sites for hydroxylation is 2. The number of aromatic nitrogens is 3. The molecule has 3 aromatic rings. The quantitative estimate of drug-likeness (QED) is 0.783. The Morgan fingerprint density at radius 1 is 1.16 bits per heavy atom. The summed E-state index contributed by atoms with van der Waals surface area (Å²) in [7, 11) is 0. The summed E-state index contributed by atoms with van der Waals surface area (Å²) in [4.78, 5) is 21.1. The molecule has 6 nitrogen and oxygen atoms in total. The van der Waals surface area contributed by atoms with E-state index in [1.165, 1.54) is 0 Å². The number of benzene rings is 1. The number of hydrogen-bond donors (Lipinski definition) is 1. The van der Waals surface area contributed by atoms with Crippen LogP contribution in [0.25, 0.3) is 11.5 Å². The minimum Gasteiger partial charge on any atom is -0.334 e. The molecule has 1 fully saturated rings. The molecule has 0 saturated heterocycles. The molecule has 1 N–H and O–H groups in total. The first-order valence-electron chi connectivity index (χ1n) is 8.28. The normalized spacial score (nSPS) is 13.7. The van der Waals surface area contributed by atoms with Crippen LogP contribution < -0.4 is 5.32 Å². The molecule has 0 atom stereocenters. The van der Waals surface area contributed by atoms with Gasteiger partial charge in [-0.2, -0.15) is 4.98 Å². The molecule has 1 saturated carbocycles. The van der Waals surface area contributed by atoms with Gasteiger partial charge < -0.3 is 9.84 Å². The summed E-state index contributed by atoms with van der Waals surface area (Å²) < 4.78 is 5.43. The molecule has 1 amide bonds. The first-order valence-corrected chi connectivity index (χ1v) is 8.28. The molecule has 2 aromatic heterocycles. The molecule has 0 spiro atoms. The van der Waals surface area contributed by atoms with E-state index in [0.717, 1.165) is 35.4 Å². The number of carbonyl (C=O) groups is 1. The van der Waals surface area contributed by atoms with Crippen LogP contribution in [0.3, 0.4) is 0 Å². The second-order valence-electron chi connectivity index (χ2n) is 6.49. The zero-order chi connectivity index (χ0) is 17.4. The lowest BCUT2D eigenvalue weighted by molar-refractivity contribution is 0.102. The van der Waals surface area contributed by atoms with Gasteiger partial charge in [-0.05, 0) is 50.5 Å². The first-order chi connectivity index (χ1) is 12.1. The van der Waals surface area contributed by atoms with Gasteiger partial charge >= 0.3 is 0 Å². The molecule has 126 valence electrons. The molecule has 0 radical (unpaired) electrons. The van der Waals surface area contributed by atoms with Gasteiger partial charge in [-0.1, -0.05) is 16.8 Å². The molecule has 1 aliphatic carbocycles. The highest BCUT2D eigenvalue weighted by atomic mass is 16.5. The van der Waals surface area contributed by atoms with Crippen molar-refractivity contribution in [2.24, 2.45) is 0 Å². The zero-order valence-electron chi connectivity index (χ0n) is 14.1. The Morgan fingerprint density at radius 2 is 2.00 bits per heavy atom. The van der Waals surface area contributed by atoms with E-state index in [9.17, 15) is 4.79 Å². The Bertz CT molecular complexity index is 944. The van der Waals surface area contributed by atoms with E-state index in [4.69, 9.17) is 4.52 Å². The maximum absolute atomic E-state index is 12.5. The lowest BCUT2D eigenvalue weighted by Crippen LogP contribution is -2.13. The summed E-state index contributed by atoms with van der Waals surface area (Å²) in [5, 5.41) is 6.99. The van der Waals surface area contributed by atoms with Gasteiger partial charge in [0.2, 0.25) is 0 Å². The predicted molar refractivity (Wildman–Crippen MR) is 93.4 cm³/mol. The molecule has 2 heterocycles. The lowest BCUT2D eigenvalue weighted by Gasteiger charge is -2.10. The van der Waals surface area contributed by atoms with Gasteiger partial charge in [0.15, 0.2) is 5.82 Å². The van der Waals surface area contributed by atoms with Crippen LogP contribution in [0.1, 0.15) is 46.1 Å². The number of anilines is 1. The van der Waals surface area contributed by atoms with Gasteiger partial charge in [0.1, 0.15) is 0 Å². The van der Waals surface area contributed by atoms with Crippen LogP contribution in [0, 0.1) is 13.8 Å². The number of amides is 1. The number of nitrogens with zero attached hydrogens (tertiary/aromatic N) is 3. The van der Waals surface area contributed by atoms with Gasteiger partial charge in [-0.15, -0.1) is 0 Å². The second-order valence-corrected chi connectivity index (χ2v) is 6.49. The molecule has 0 aliphatic heterocycles. The third kappa shape index (κ3) is 3.28. The first kappa shape index (κ1) is 15.5. The molecule has 25 heavy (non-hydrogen) atoms. The van der Waals surface area contributed by atoms with Crippen molar-refractivity contribution in [3.8, 4) is 11.5 Å². The van der Waals surface area contributed by atoms with Crippen molar-refractivity contribution >= 4 is 11.6 Å². The van der Waals surface area contributed by atoms with Crippen LogP contribution in [0.15, 0.2) is 41.2 Å². The van der Waals surface area contributed by atoms with E-state index < -0.39 is 0 Å². The van der Waals surface area contributed by atoms with E-state index >= 15 is 0 Å². The van der Waals surface area contributed by atoms with E-state index in [1.807, 2.05) is 32.0 Å². The van der Waals surface area contributed by atoms with Gasteiger partial charge in [0.05, 0.1) is 16.8 Å². The summed E-state index contributed by atoms with van der Waals surface area (Å²) in [6, 6.07) is 7.53. The Morgan fingerprint density at radius 3 is 2.76 bits per heavy atom. The van der Waals surface area contributed by atoms with Crippen molar-refractivity contribution in [3.63, 3.8) is 0 Å². The van der Waals surface area contributed by atoms with Crippen molar-refractivity contribution in [2.45, 2.75) is 32.6 Å². The summed E-state index contributed by atoms with van der Waals surface area (Å²) in [6.07, 6.45) is 5.48. The molecular formula is C19H18N4O2. The number of rotatable bonds is 4. The van der Waals surface area contributed by atoms with Crippen LogP contribution >= 0.6 is 0 Å². The van der Waals surface area contributed by atoms with Gasteiger partial charge in [0.25, 0.3) is 11.8 Å². The molecule has 1 aromatic carbocycles. The van der Waals surface area contributed by atoms with Crippen molar-refractivity contribution in [3.05, 3.63) is 59.2 Å². The Kier molecular flexibility index (Phi) is 3.80. The summed E-state index contributed by atoms with van der Waals surface area (Å²) in [6.45, 7) is 3.89. The topological polar surface area (TPSA) is 80.9 Å². The fourth-order valence-electron chi connectivity index (χ4n) is 2.67. The molecule has 6 heteroatoms. The van der Waals surface area contributed by atoms with Crippen LogP contribution in [-0.2, 0) is 0 Å². The number of hydrogen-bond acceptors (Lipinski definition) is 5. The van der Waals surface area contributed by atoms with Crippen molar-refractivity contribution in [1.29, 1.82) is 0 Å². The molecular weight excluding hydrogens is 316 g/mol. The third-order valence-electron chi connectivity index (χ3n) is 4.18. The van der Waals surface area contributed by atoms with Crippen LogP contribution in [-0.4, -0.2) is 21.0 Å². The molecule has 1 aliphatic rings. The van der Waals surface area contributed by atoms with E-state index in [1.54, 1.807) is 18.5 Å². The average Bonchev–Trinajstić information content (AvgIpc) is 3.34. The van der Waals surface area contributed by atoms with E-state index in [0.29, 0.717) is 23.1 Å². The number of nitrogens with one attached hydrogen (secondary N) is 1. The summed E-state index contributed by atoms with van der Waals surface area (Å²) in [5.74, 6) is 1.38. The minimum absolute atomic E-state index is 0.219. The minimum atomic E-state index is -0.219. The van der Waals surface area contributed by atoms with Crippen LogP contribution in [0.5, 0.6) is 0 Å². The molecule has 4 rings (SSSR count). The van der Waals surface area contributed by atoms with E-state index in [-0.39, 0.29) is 5.91 Å². The fourth-order valence-corrected chi connectivity index (χ4v) is 2.67. The third-order valence-corrected chi connectivity index (χ3v) is 4.18. The maximum atomic E-state index is 12.5. The van der Waals surface area contributed by atoms with Gasteiger partial charge in [-0.25, -0.2) is 0 Å². The Hall–Kier alpha value is -3.02. The van der Waals surface area contributed by atoms with Crippen molar-refractivity contribution < 1.29 is 9.32 Å². The zero-order valence-corrected chi connectivity index (χ0v) is 14.1. The molecule has 0 unspecified atom stereocenters. The molecule has 0 bridgehead atoms. The van der Waals surface area contributed by atoms with Gasteiger partial charge in [0, 0.05) is 18.3 Å². The Balaban J connectivity index is 1.66. The SMILES string of the molecule is Cc1cncc(C(=O)Nc2ccc(C)cc2-c2nc(C3CC3)no2)c1. The lowest BCUT2D eigenvalue weighted by atomic mass is 10.1. The highest BCUT2D eigenvalue weighted by Gasteiger charge is 2.29. The fraction of sp³-hybridized carbons (Fsp3) is 0.263. The summed E-state index contributed by atoms with van der Waals surface area (Å²) in [5.41, 5.74) is 3.87. The highest BCUT2D eigenvalue weighted by molar-refractivity contribution is 6.05. The Labute approximate surface area is 145 Å². The second kappa shape index (κ2) is 6.12. The largest absolute Gasteiger partial charge is 0.334 e. The monoisotopic (exact) mass is 334 g/mol. The number of carbonyl (C=O) groups excluding carboxylic acids is 1. The van der Waals surface area contributed by atoms with Crippen molar-refractivity contribution in [1.82, 2.24) is 15.1 Å². The van der Waals surface area contributed by atoms with Crippen molar-refractivity contribution in [2.75, 3.05) is 5.32 Å². The van der Waals surface area contributed by atoms with Gasteiger partial charge in [-0.3, -0.25) is 9.78 Å². The smallest absolute Gasteiger partial charge is 0.260 e. The average molecular weight is 334 g/mol. The maximum Gasteiger partial charge on any atom is 0.260 e. The standard InChI is InChI=1S/C19H18N4O2/c1-11-3-6-16(21-18(24)14-7-12(2)9-20-10-14)15(8-11)19-22-17(23-25-19)13-4-5-13/h3,6-10,13H,4-5H2,1-2H3,(H,21,24). The van der Waals surface area contributed by atoms with Crippen LogP contribution in [0.4, 0.5) is 5.69 Å². The highest BCUT2D eigenvalue weighted by Crippen LogP contribution is 2.39. The van der Waals surface area contributed by atoms with E-state index in [2.05, 4.69) is 20.4 Å². The predicted octanol–water partition coefficient (Wildman–Crippen LogP) is 3.88. The number of pyridine rings is 1. The van der Waals surface area contributed by atoms with Crippen LogP contribution in [0.2, 0.25) is 0 Å². The summed E-state index contributed by atoms with van der Waals surface area (Å²) >= 11 is 0.